The number of β-amino-alcohol motifs (C(OH)–C–C–N with tert-alkyl or cyclic N) is 1. The molecule has 0 spiro atoms. The van der Waals surface area contributed by atoms with Gasteiger partial charge >= 0.3 is 0 Å². The number of ether oxygens (including phenoxy) is 3. The molecule has 1 aliphatic heterocycles. The Labute approximate surface area is 453 Å². The smallest absolute Gasteiger partial charge is 0.262 e. The highest BCUT2D eigenvalue weighted by molar-refractivity contribution is 14.1. The summed E-state index contributed by atoms with van der Waals surface area (Å²) in [7, 11) is -2.74. The second-order valence-corrected chi connectivity index (χ2v) is 22.9. The zero-order valence-electron chi connectivity index (χ0n) is 42.8. The Kier molecular flexibility index (Phi) is 20.5. The van der Waals surface area contributed by atoms with Crippen molar-refractivity contribution < 1.29 is 51.3 Å². The number of hydrogen-bond donors (Lipinski definition) is 6. The average Bonchev–Trinajstić information content (AvgIpc) is 3.98. The van der Waals surface area contributed by atoms with E-state index < -0.39 is 62.7 Å². The van der Waals surface area contributed by atoms with E-state index in [4.69, 9.17) is 14.2 Å². The first-order chi connectivity index (χ1) is 35.5. The molecule has 0 unspecified atom stereocenters. The van der Waals surface area contributed by atoms with Crippen LogP contribution in [0.4, 0.5) is 21.6 Å². The van der Waals surface area contributed by atoms with Crippen LogP contribution in [0.2, 0.25) is 0 Å². The van der Waals surface area contributed by atoms with Crippen LogP contribution in [-0.4, -0.2) is 123 Å². The average molecular weight is 1190 g/mol. The Hall–Kier alpha value is -5.83. The van der Waals surface area contributed by atoms with Crippen molar-refractivity contribution in [2.75, 3.05) is 62.8 Å². The fourth-order valence-corrected chi connectivity index (χ4v) is 10.5. The molecule has 404 valence electrons. The molecule has 0 bridgehead atoms. The number of aliphatic hydroxyl groups is 1. The molecule has 0 aliphatic carbocycles. The van der Waals surface area contributed by atoms with Crippen LogP contribution < -0.4 is 31.5 Å². The normalized spacial score (nSPS) is 15.5. The van der Waals surface area contributed by atoms with Crippen LogP contribution in [-0.2, 0) is 56.9 Å². The summed E-state index contributed by atoms with van der Waals surface area (Å²) in [5.41, 5.74) is 4.41. The number of halogens is 2. The lowest BCUT2D eigenvalue weighted by molar-refractivity contribution is -0.144. The molecule has 1 aliphatic rings. The molecule has 23 heteroatoms. The molecule has 6 N–H and O–H groups in total. The molecular formula is C52H64FIN8O11S2. The number of thiazole rings is 1. The van der Waals surface area contributed by atoms with Crippen LogP contribution in [0.15, 0.2) is 88.0 Å². The highest BCUT2D eigenvalue weighted by Crippen LogP contribution is 2.31. The summed E-state index contributed by atoms with van der Waals surface area (Å²) < 4.78 is 62.6. The van der Waals surface area contributed by atoms with Crippen molar-refractivity contribution >= 4 is 84.8 Å². The number of pyridine rings is 1. The maximum absolute atomic E-state index is 14.7. The monoisotopic (exact) mass is 1190 g/mol. The van der Waals surface area contributed by atoms with E-state index in [0.29, 0.717) is 9.13 Å². The van der Waals surface area contributed by atoms with E-state index in [0.717, 1.165) is 21.7 Å². The molecule has 5 aromatic rings. The van der Waals surface area contributed by atoms with Crippen molar-refractivity contribution in [3.63, 3.8) is 0 Å². The molecule has 4 amide bonds. The van der Waals surface area contributed by atoms with E-state index >= 15 is 0 Å². The third kappa shape index (κ3) is 16.1. The van der Waals surface area contributed by atoms with Crippen LogP contribution >= 0.6 is 33.9 Å². The number of anilines is 3. The fourth-order valence-electron chi connectivity index (χ4n) is 8.16. The maximum atomic E-state index is 14.7. The molecule has 4 atom stereocenters. The van der Waals surface area contributed by atoms with Gasteiger partial charge in [0.15, 0.2) is 0 Å². The number of carbonyl (C=O) groups is 4. The number of amides is 4. The van der Waals surface area contributed by atoms with Crippen LogP contribution in [0.1, 0.15) is 62.5 Å². The van der Waals surface area contributed by atoms with Gasteiger partial charge in [-0.05, 0) is 102 Å². The molecule has 2 aromatic heterocycles. The van der Waals surface area contributed by atoms with E-state index in [9.17, 15) is 41.9 Å². The maximum Gasteiger partial charge on any atom is 0.262 e. The number of rotatable bonds is 24. The highest BCUT2D eigenvalue weighted by atomic mass is 127. The summed E-state index contributed by atoms with van der Waals surface area (Å²) in [5, 5.41) is 22.0. The molecule has 19 nitrogen and oxygen atoms in total. The zero-order chi connectivity index (χ0) is 54.6. The molecule has 0 saturated carbocycles. The van der Waals surface area contributed by atoms with Gasteiger partial charge in [-0.25, -0.2) is 17.8 Å². The molecule has 3 heterocycles. The first-order valence-electron chi connectivity index (χ1n) is 24.2. The Morgan fingerprint density at radius 3 is 2.21 bits per heavy atom. The lowest BCUT2D eigenvalue weighted by atomic mass is 9.85. The number of sulfonamides is 1. The summed E-state index contributed by atoms with van der Waals surface area (Å²) >= 11 is 3.52. The summed E-state index contributed by atoms with van der Waals surface area (Å²) in [6.07, 6.45) is -0.875. The van der Waals surface area contributed by atoms with Crippen molar-refractivity contribution in [3.8, 4) is 10.4 Å². The second kappa shape index (κ2) is 26.3. The van der Waals surface area contributed by atoms with Crippen molar-refractivity contribution in [1.82, 2.24) is 30.4 Å². The third-order valence-electron chi connectivity index (χ3n) is 12.2. The van der Waals surface area contributed by atoms with Crippen LogP contribution in [0.25, 0.3) is 10.4 Å². The van der Waals surface area contributed by atoms with Crippen LogP contribution in [0.5, 0.6) is 0 Å². The number of benzene rings is 3. The van der Waals surface area contributed by atoms with E-state index in [2.05, 4.69) is 31.0 Å². The minimum absolute atomic E-state index is 0.0228. The first-order valence-corrected chi connectivity index (χ1v) is 27.6. The minimum Gasteiger partial charge on any atom is -0.391 e. The van der Waals surface area contributed by atoms with Crippen molar-refractivity contribution in [1.29, 1.82) is 0 Å². The lowest BCUT2D eigenvalue weighted by Gasteiger charge is -2.35. The quantitative estimate of drug-likeness (QED) is 0.0331. The number of aliphatic hydroxyl groups excluding tert-OH is 1. The highest BCUT2D eigenvalue weighted by Gasteiger charge is 2.44. The van der Waals surface area contributed by atoms with E-state index in [1.165, 1.54) is 65.9 Å². The van der Waals surface area contributed by atoms with Gasteiger partial charge in [0, 0.05) is 35.7 Å². The number of carbonyl (C=O) groups excluding carboxylic acids is 4. The summed E-state index contributed by atoms with van der Waals surface area (Å²) in [4.78, 5) is 72.7. The second-order valence-electron chi connectivity index (χ2n) is 19.1. The standard InChI is InChI=1S/C52H64FIN8O11S2/c1-31-24-42(48(61(7)50(31)67)58-41-17-14-37(54)26-40(41)53)60-75(69,70)39-15-8-34(9-16-39)25-44(64)55-18-19-71-20-21-72-22-23-73-29-45(65)59-47(52(4,5)6)51(68)62-28-38(63)27-43(62)49(66)57-32(2)35-10-12-36(13-11-35)46-33(3)56-30-74-46/h8-17,24,26,30,32,38,43,47,58,60,63H,18-23,25,27-29H2,1-7H3,(H,55,64)(H,57,66)(H,59,65)/t32-,38+,43-,47+/m0/s1. The number of nitrogens with zero attached hydrogens (tertiary/aromatic N) is 3. The predicted molar refractivity (Wildman–Crippen MR) is 292 cm³/mol. The number of aryl methyl sites for hydroxylation is 2. The number of nitrogens with one attached hydrogen (secondary N) is 5. The van der Waals surface area contributed by atoms with Gasteiger partial charge in [-0.3, -0.25) is 33.3 Å². The van der Waals surface area contributed by atoms with Crippen LogP contribution in [0, 0.1) is 28.6 Å². The first kappa shape index (κ1) is 58.4. The molecule has 3 aromatic carbocycles. The Morgan fingerprint density at radius 2 is 1.57 bits per heavy atom. The summed E-state index contributed by atoms with van der Waals surface area (Å²) in [6, 6.07) is 17.1. The third-order valence-corrected chi connectivity index (χ3v) is 15.3. The fraction of sp³-hybridized carbons (Fsp3) is 0.423. The van der Waals surface area contributed by atoms with Crippen molar-refractivity contribution in [3.05, 3.63) is 120 Å². The van der Waals surface area contributed by atoms with Crippen LogP contribution in [0.3, 0.4) is 0 Å². The van der Waals surface area contributed by atoms with E-state index in [-0.39, 0.29) is 105 Å². The molecule has 6 rings (SSSR count). The molecular weight excluding hydrogens is 1120 g/mol. The Morgan fingerprint density at radius 1 is 0.907 bits per heavy atom. The predicted octanol–water partition coefficient (Wildman–Crippen LogP) is 5.49. The van der Waals surface area contributed by atoms with Gasteiger partial charge in [-0.2, -0.15) is 0 Å². The number of likely N-dealkylation sites (tertiary alicyclic amines) is 1. The lowest BCUT2D eigenvalue weighted by Crippen LogP contribution is -2.58. The van der Waals surface area contributed by atoms with Crippen molar-refractivity contribution in [2.45, 2.75) is 83.5 Å². The number of hydrogen-bond acceptors (Lipinski definition) is 14. The summed E-state index contributed by atoms with van der Waals surface area (Å²) in [6.45, 7) is 11.4. The zero-order valence-corrected chi connectivity index (χ0v) is 46.6. The molecule has 75 heavy (non-hydrogen) atoms. The SMILES string of the molecule is Cc1ncsc1-c1ccc([C@H](C)NC(=O)[C@@H]2C[C@@H](O)CN2C(=O)[C@@H](NC(=O)COCCOCCOCCNC(=O)Cc2ccc(S(=O)(=O)Nc3cc(C)c(=O)n(C)c3Nc3ccc(I)cc3F)cc2)C(C)(C)C)cc1. The van der Waals surface area contributed by atoms with Gasteiger partial charge in [-0.15, -0.1) is 11.3 Å². The van der Waals surface area contributed by atoms with Crippen molar-refractivity contribution in [2.24, 2.45) is 12.5 Å². The summed E-state index contributed by atoms with van der Waals surface area (Å²) in [5.74, 6) is -2.27. The van der Waals surface area contributed by atoms with E-state index in [1.54, 1.807) is 43.7 Å². The van der Waals surface area contributed by atoms with Gasteiger partial charge in [-0.1, -0.05) is 57.2 Å². The Balaban J connectivity index is 0.856. The van der Waals surface area contributed by atoms with Gasteiger partial charge in [0.1, 0.15) is 30.3 Å². The molecule has 1 fully saturated rings. The minimum atomic E-state index is -4.18. The van der Waals surface area contributed by atoms with Gasteiger partial charge in [0.2, 0.25) is 23.6 Å². The van der Waals surface area contributed by atoms with Gasteiger partial charge < -0.3 is 45.5 Å². The molecule has 1 saturated heterocycles. The molecule has 0 radical (unpaired) electrons. The van der Waals surface area contributed by atoms with Gasteiger partial charge in [0.05, 0.1) is 84.0 Å². The van der Waals surface area contributed by atoms with Gasteiger partial charge in [0.25, 0.3) is 15.6 Å². The topological polar surface area (TPSA) is 249 Å². The number of aromatic nitrogens is 2. The largest absolute Gasteiger partial charge is 0.391 e. The Bertz CT molecular complexity index is 2990. The van der Waals surface area contributed by atoms with E-state index in [1.807, 2.05) is 60.7 Å².